The molecule has 0 bridgehead atoms. The molecule has 4 heteroatoms. The molecule has 3 aliphatic rings. The number of carbonyl (C=O) groups is 1. The molecule has 1 saturated carbocycles. The molecule has 0 radical (unpaired) electrons. The van der Waals surface area contributed by atoms with Crippen LogP contribution in [-0.4, -0.2) is 30.4 Å². The molecule has 1 aromatic rings. The van der Waals surface area contributed by atoms with Crippen molar-refractivity contribution in [2.24, 2.45) is 17.3 Å². The highest BCUT2D eigenvalue weighted by molar-refractivity contribution is 5.96. The Morgan fingerprint density at radius 3 is 2.88 bits per heavy atom. The van der Waals surface area contributed by atoms with E-state index in [0.717, 1.165) is 63.6 Å². The highest BCUT2D eigenvalue weighted by Gasteiger charge is 2.57. The molecule has 2 N–H and O–H groups in total. The first-order chi connectivity index (χ1) is 12.1. The molecule has 0 aromatic heterocycles. The van der Waals surface area contributed by atoms with Crippen LogP contribution in [0.1, 0.15) is 50.7 Å². The minimum atomic E-state index is 0.226. The van der Waals surface area contributed by atoms with Gasteiger partial charge in [-0.05, 0) is 73.8 Å². The van der Waals surface area contributed by atoms with Crippen LogP contribution in [0.5, 0.6) is 0 Å². The number of nitrogens with one attached hydrogen (secondary N) is 2. The number of hydrogen-bond acceptors (Lipinski definition) is 3. The predicted molar refractivity (Wildman–Crippen MR) is 101 cm³/mol. The van der Waals surface area contributed by atoms with Crippen molar-refractivity contribution < 1.29 is 4.79 Å². The summed E-state index contributed by atoms with van der Waals surface area (Å²) in [5.74, 6) is 1.21. The van der Waals surface area contributed by atoms with E-state index in [1.807, 2.05) is 0 Å². The normalized spacial score (nSPS) is 24.5. The summed E-state index contributed by atoms with van der Waals surface area (Å²) in [6, 6.07) is 6.39. The van der Waals surface area contributed by atoms with Gasteiger partial charge in [-0.3, -0.25) is 9.69 Å². The molecule has 1 saturated heterocycles. The molecule has 4 nitrogen and oxygen atoms in total. The van der Waals surface area contributed by atoms with Gasteiger partial charge in [0.1, 0.15) is 0 Å². The van der Waals surface area contributed by atoms with Crippen molar-refractivity contribution in [1.29, 1.82) is 0 Å². The van der Waals surface area contributed by atoms with E-state index < -0.39 is 0 Å². The number of hydrogen-bond donors (Lipinski definition) is 2. The Balaban J connectivity index is 1.40. The molecule has 1 aliphatic carbocycles. The van der Waals surface area contributed by atoms with Crippen LogP contribution < -0.4 is 10.6 Å². The van der Waals surface area contributed by atoms with Crippen LogP contribution in [0.4, 0.5) is 5.69 Å². The van der Waals surface area contributed by atoms with Crippen molar-refractivity contribution in [2.75, 3.05) is 25.0 Å². The Kier molecular flexibility index (Phi) is 4.59. The lowest BCUT2D eigenvalue weighted by molar-refractivity contribution is -0.118. The van der Waals surface area contributed by atoms with E-state index in [0.29, 0.717) is 5.41 Å². The summed E-state index contributed by atoms with van der Waals surface area (Å²) in [5.41, 5.74) is 4.07. The Morgan fingerprint density at radius 1 is 1.32 bits per heavy atom. The second-order valence-corrected chi connectivity index (χ2v) is 8.69. The average molecular weight is 341 g/mol. The number of nitrogens with zero attached hydrogens (tertiary/aromatic N) is 1. The summed E-state index contributed by atoms with van der Waals surface area (Å²) in [6.07, 6.45) is 4.62. The minimum absolute atomic E-state index is 0.226. The maximum absolute atomic E-state index is 12.8. The van der Waals surface area contributed by atoms with E-state index in [-0.39, 0.29) is 11.8 Å². The number of piperidine rings is 1. The highest BCUT2D eigenvalue weighted by Crippen LogP contribution is 2.58. The number of amides is 1. The van der Waals surface area contributed by atoms with Gasteiger partial charge >= 0.3 is 0 Å². The molecule has 1 spiro atoms. The van der Waals surface area contributed by atoms with Gasteiger partial charge in [-0.15, -0.1) is 0 Å². The lowest BCUT2D eigenvalue weighted by Gasteiger charge is -2.23. The summed E-state index contributed by atoms with van der Waals surface area (Å²) < 4.78 is 0. The van der Waals surface area contributed by atoms with Crippen LogP contribution in [0.3, 0.4) is 0 Å². The van der Waals surface area contributed by atoms with Gasteiger partial charge in [-0.25, -0.2) is 0 Å². The van der Waals surface area contributed by atoms with Crippen LogP contribution in [0.2, 0.25) is 0 Å². The second kappa shape index (κ2) is 6.73. The number of rotatable bonds is 5. The smallest absolute Gasteiger partial charge is 0.228 e. The molecule has 1 aromatic carbocycles. The zero-order valence-corrected chi connectivity index (χ0v) is 15.6. The van der Waals surface area contributed by atoms with Crippen LogP contribution >= 0.6 is 0 Å². The molecule has 1 atom stereocenters. The van der Waals surface area contributed by atoms with Crippen molar-refractivity contribution in [1.82, 2.24) is 10.2 Å². The van der Waals surface area contributed by atoms with Gasteiger partial charge in [0.15, 0.2) is 0 Å². The summed E-state index contributed by atoms with van der Waals surface area (Å²) in [4.78, 5) is 15.3. The summed E-state index contributed by atoms with van der Waals surface area (Å²) in [5, 5.41) is 6.69. The quantitative estimate of drug-likeness (QED) is 0.863. The average Bonchev–Trinajstić information content (AvgIpc) is 3.11. The molecule has 4 rings (SSSR count). The summed E-state index contributed by atoms with van der Waals surface area (Å²) in [7, 11) is 0. The van der Waals surface area contributed by atoms with Gasteiger partial charge in [-0.2, -0.15) is 0 Å². The molecular formula is C21H31N3O. The zero-order valence-electron chi connectivity index (χ0n) is 15.6. The van der Waals surface area contributed by atoms with Crippen molar-refractivity contribution in [3.8, 4) is 0 Å². The largest absolute Gasteiger partial charge is 0.326 e. The van der Waals surface area contributed by atoms with E-state index in [1.165, 1.54) is 17.5 Å². The second-order valence-electron chi connectivity index (χ2n) is 8.69. The van der Waals surface area contributed by atoms with Gasteiger partial charge in [0.25, 0.3) is 0 Å². The van der Waals surface area contributed by atoms with E-state index in [9.17, 15) is 4.79 Å². The monoisotopic (exact) mass is 341 g/mol. The molecule has 2 fully saturated rings. The SMILES string of the molecule is CC(C)CCN1Cc2cccc(NC(=O)C3CC34CCNCC4)c2C1. The maximum Gasteiger partial charge on any atom is 0.228 e. The fraction of sp³-hybridized carbons (Fsp3) is 0.667. The van der Waals surface area contributed by atoms with Gasteiger partial charge in [0, 0.05) is 24.7 Å². The van der Waals surface area contributed by atoms with E-state index in [4.69, 9.17) is 0 Å². The predicted octanol–water partition coefficient (Wildman–Crippen LogP) is 3.38. The molecule has 25 heavy (non-hydrogen) atoms. The van der Waals surface area contributed by atoms with Crippen LogP contribution in [0.25, 0.3) is 0 Å². The molecular weight excluding hydrogens is 310 g/mol. The number of fused-ring (bicyclic) bond motifs is 1. The number of benzene rings is 1. The molecule has 2 heterocycles. The lowest BCUT2D eigenvalue weighted by atomic mass is 9.91. The third kappa shape index (κ3) is 3.47. The Bertz CT molecular complexity index is 649. The number of anilines is 1. The zero-order chi connectivity index (χ0) is 17.4. The van der Waals surface area contributed by atoms with E-state index in [2.05, 4.69) is 47.6 Å². The van der Waals surface area contributed by atoms with Crippen molar-refractivity contribution >= 4 is 11.6 Å². The molecule has 1 unspecified atom stereocenters. The Labute approximate surface area is 151 Å². The minimum Gasteiger partial charge on any atom is -0.326 e. The standard InChI is InChI=1S/C21H31N3O/c1-15(2)6-11-24-13-16-4-3-5-19(17(16)14-24)23-20(25)18-12-21(18)7-9-22-10-8-21/h3-5,15,18,22H,6-14H2,1-2H3,(H,23,25). The van der Waals surface area contributed by atoms with Crippen LogP contribution in [-0.2, 0) is 17.9 Å². The molecule has 136 valence electrons. The Hall–Kier alpha value is -1.39. The fourth-order valence-electron chi connectivity index (χ4n) is 4.62. The van der Waals surface area contributed by atoms with Crippen molar-refractivity contribution in [3.05, 3.63) is 29.3 Å². The molecule has 2 aliphatic heterocycles. The van der Waals surface area contributed by atoms with Crippen LogP contribution in [0.15, 0.2) is 18.2 Å². The lowest BCUT2D eigenvalue weighted by Crippen LogP contribution is -2.31. The van der Waals surface area contributed by atoms with Crippen molar-refractivity contribution in [2.45, 2.75) is 52.6 Å². The number of carbonyl (C=O) groups excluding carboxylic acids is 1. The fourth-order valence-corrected chi connectivity index (χ4v) is 4.62. The van der Waals surface area contributed by atoms with Gasteiger partial charge in [0.2, 0.25) is 5.91 Å². The Morgan fingerprint density at radius 2 is 2.12 bits per heavy atom. The third-order valence-electron chi connectivity index (χ3n) is 6.43. The summed E-state index contributed by atoms with van der Waals surface area (Å²) >= 11 is 0. The first kappa shape index (κ1) is 17.0. The van der Waals surface area contributed by atoms with E-state index >= 15 is 0 Å². The topological polar surface area (TPSA) is 44.4 Å². The van der Waals surface area contributed by atoms with Gasteiger partial charge < -0.3 is 10.6 Å². The first-order valence-corrected chi connectivity index (χ1v) is 9.92. The third-order valence-corrected chi connectivity index (χ3v) is 6.43. The van der Waals surface area contributed by atoms with Gasteiger partial charge in [-0.1, -0.05) is 26.0 Å². The van der Waals surface area contributed by atoms with E-state index in [1.54, 1.807) is 0 Å². The van der Waals surface area contributed by atoms with Crippen molar-refractivity contribution in [3.63, 3.8) is 0 Å². The highest BCUT2D eigenvalue weighted by atomic mass is 16.2. The first-order valence-electron chi connectivity index (χ1n) is 9.92. The van der Waals surface area contributed by atoms with Crippen LogP contribution in [0, 0.1) is 17.3 Å². The molecule has 1 amide bonds. The maximum atomic E-state index is 12.8. The summed E-state index contributed by atoms with van der Waals surface area (Å²) in [6.45, 7) is 9.81. The van der Waals surface area contributed by atoms with Gasteiger partial charge in [0.05, 0.1) is 0 Å².